The van der Waals surface area contributed by atoms with E-state index in [4.69, 9.17) is 21.4 Å². The first-order valence-electron chi connectivity index (χ1n) is 14.0. The van der Waals surface area contributed by atoms with Gasteiger partial charge in [0.2, 0.25) is 5.91 Å². The number of carbonyl (C=O) groups is 1. The Morgan fingerprint density at radius 2 is 2.00 bits per heavy atom. The summed E-state index contributed by atoms with van der Waals surface area (Å²) in [5, 5.41) is 13.8. The van der Waals surface area contributed by atoms with Gasteiger partial charge in [0, 0.05) is 68.6 Å². The average Bonchev–Trinajstić information content (AvgIpc) is 3.56. The van der Waals surface area contributed by atoms with Crippen LogP contribution in [0.5, 0.6) is 0 Å². The zero-order valence-corrected chi connectivity index (χ0v) is 24.8. The van der Waals surface area contributed by atoms with Crippen LogP contribution in [0.4, 0.5) is 14.6 Å². The lowest BCUT2D eigenvalue weighted by Crippen LogP contribution is -2.65. The number of nitrogens with one attached hydrogen (secondary N) is 1. The number of ether oxygens (including phenoxy) is 1. The molecule has 1 amide bonds. The molecule has 0 bridgehead atoms. The number of anilines is 1. The number of benzene rings is 1. The minimum Gasteiger partial charge on any atom is -0.383 e. The number of hydrogen-bond acceptors (Lipinski definition) is 6. The van der Waals surface area contributed by atoms with E-state index in [0.717, 1.165) is 33.3 Å². The number of nitrogens with zero attached hydrogens (tertiary/aromatic N) is 6. The lowest BCUT2D eigenvalue weighted by molar-refractivity contribution is -0.127. The van der Waals surface area contributed by atoms with Crippen LogP contribution in [0.1, 0.15) is 37.1 Å². The van der Waals surface area contributed by atoms with Crippen molar-refractivity contribution in [3.05, 3.63) is 41.2 Å². The van der Waals surface area contributed by atoms with Crippen LogP contribution >= 0.6 is 11.6 Å². The molecule has 2 aromatic heterocycles. The first-order valence-corrected chi connectivity index (χ1v) is 14.4. The van der Waals surface area contributed by atoms with E-state index in [0.29, 0.717) is 63.0 Å². The molecule has 2 fully saturated rings. The van der Waals surface area contributed by atoms with Gasteiger partial charge in [-0.1, -0.05) is 18.2 Å². The predicted octanol–water partition coefficient (Wildman–Crippen LogP) is 4.84. The fraction of sp³-hybridized carbons (Fsp3) is 0.552. The van der Waals surface area contributed by atoms with Gasteiger partial charge in [0.05, 0.1) is 29.4 Å². The highest BCUT2D eigenvalue weighted by molar-refractivity contribution is 6.36. The van der Waals surface area contributed by atoms with Crippen molar-refractivity contribution in [1.82, 2.24) is 29.8 Å². The van der Waals surface area contributed by atoms with E-state index in [1.807, 2.05) is 29.5 Å². The zero-order chi connectivity index (χ0) is 29.5. The van der Waals surface area contributed by atoms with Gasteiger partial charge in [-0.3, -0.25) is 19.5 Å². The summed E-state index contributed by atoms with van der Waals surface area (Å²) in [4.78, 5) is 17.8. The first-order chi connectivity index (χ1) is 19.6. The maximum atomic E-state index is 15.0. The summed E-state index contributed by atoms with van der Waals surface area (Å²) in [6.07, 6.45) is 1.83. The third-order valence-corrected chi connectivity index (χ3v) is 9.17. The van der Waals surface area contributed by atoms with Gasteiger partial charge in [0.1, 0.15) is 5.54 Å². The minimum absolute atomic E-state index is 0.000545. The summed E-state index contributed by atoms with van der Waals surface area (Å²) in [6.45, 7) is 12.5. The number of carbonyl (C=O) groups excluding carboxylic acids is 1. The number of H-pyrrole nitrogens is 1. The third-order valence-electron chi connectivity index (χ3n) is 8.68. The van der Waals surface area contributed by atoms with Crippen LogP contribution in [0.15, 0.2) is 24.9 Å². The molecule has 41 heavy (non-hydrogen) atoms. The predicted molar refractivity (Wildman–Crippen MR) is 157 cm³/mol. The number of rotatable bonds is 8. The van der Waals surface area contributed by atoms with Crippen LogP contribution < -0.4 is 4.90 Å². The van der Waals surface area contributed by atoms with E-state index < -0.39 is 12.0 Å². The molecule has 0 aliphatic carbocycles. The fourth-order valence-corrected chi connectivity index (χ4v) is 6.56. The lowest BCUT2D eigenvalue weighted by atomic mass is 9.93. The van der Waals surface area contributed by atoms with Crippen molar-refractivity contribution < 1.29 is 18.3 Å². The van der Waals surface area contributed by atoms with Crippen LogP contribution in [0.2, 0.25) is 5.02 Å². The molecular formula is C29H38ClF2N7O2. The van der Waals surface area contributed by atoms with Crippen molar-refractivity contribution >= 4 is 34.2 Å². The quantitative estimate of drug-likeness (QED) is 0.379. The second-order valence-electron chi connectivity index (χ2n) is 11.3. The van der Waals surface area contributed by atoms with Crippen LogP contribution in [-0.2, 0) is 9.53 Å². The molecule has 1 N–H and O–H groups in total. The van der Waals surface area contributed by atoms with Crippen molar-refractivity contribution in [3.63, 3.8) is 0 Å². The van der Waals surface area contributed by atoms with Crippen LogP contribution in [0.25, 0.3) is 22.0 Å². The third kappa shape index (κ3) is 5.23. The van der Waals surface area contributed by atoms with Gasteiger partial charge >= 0.3 is 0 Å². The van der Waals surface area contributed by atoms with Crippen molar-refractivity contribution in [3.8, 4) is 11.1 Å². The number of piperidine rings is 1. The summed E-state index contributed by atoms with van der Waals surface area (Å²) in [5.74, 6) is 0.409. The number of alkyl halides is 2. The standard InChI is InChI=1S/C29H38ClF2N7O2/c1-6-23(40)37-9-7-20(8-10-37)39-19(3)24(25-21-16-33-34-22(21)15-18(2)26(25)30)27(35-39)38-12-11-36(13-14-41-5)17-29(38,4)28(31)32/h6,15-16,20,28H,1,7-14,17H2,2-5H3,(H,33,34)/t29-/m1/s1. The van der Waals surface area contributed by atoms with Crippen LogP contribution in [0, 0.1) is 13.8 Å². The van der Waals surface area contributed by atoms with Crippen molar-refractivity contribution in [2.24, 2.45) is 0 Å². The number of amides is 1. The molecule has 1 aromatic carbocycles. The Morgan fingerprint density at radius 3 is 2.66 bits per heavy atom. The second-order valence-corrected chi connectivity index (χ2v) is 11.7. The van der Waals surface area contributed by atoms with Crippen LogP contribution in [-0.4, -0.2) is 101 Å². The van der Waals surface area contributed by atoms with Crippen LogP contribution in [0.3, 0.4) is 0 Å². The molecule has 4 heterocycles. The Labute approximate surface area is 244 Å². The molecule has 3 aromatic rings. The number of piperazine rings is 1. The number of fused-ring (bicyclic) bond motifs is 1. The zero-order valence-electron chi connectivity index (χ0n) is 24.1. The Hall–Kier alpha value is -3.02. The number of likely N-dealkylation sites (tertiary alicyclic amines) is 1. The number of aromatic amines is 1. The van der Waals surface area contributed by atoms with Crippen molar-refractivity contribution in [2.45, 2.75) is 51.6 Å². The highest BCUT2D eigenvalue weighted by atomic mass is 35.5. The number of halogens is 3. The van der Waals surface area contributed by atoms with Gasteiger partial charge in [0.25, 0.3) is 6.43 Å². The molecule has 2 aliphatic heterocycles. The maximum absolute atomic E-state index is 15.0. The highest BCUT2D eigenvalue weighted by Crippen LogP contribution is 2.46. The Kier molecular flexibility index (Phi) is 8.41. The molecule has 0 spiro atoms. The first kappa shape index (κ1) is 29.5. The number of aromatic nitrogens is 4. The van der Waals surface area contributed by atoms with E-state index in [-0.39, 0.29) is 18.5 Å². The monoisotopic (exact) mass is 589 g/mol. The fourth-order valence-electron chi connectivity index (χ4n) is 6.31. The summed E-state index contributed by atoms with van der Waals surface area (Å²) in [6, 6.07) is 1.94. The molecule has 0 unspecified atom stereocenters. The Morgan fingerprint density at radius 1 is 1.27 bits per heavy atom. The van der Waals surface area contributed by atoms with E-state index >= 15 is 8.78 Å². The van der Waals surface area contributed by atoms with Crippen molar-refractivity contribution in [2.75, 3.05) is 57.9 Å². The van der Waals surface area contributed by atoms with E-state index in [1.54, 1.807) is 30.0 Å². The SMILES string of the molecule is C=CC(=O)N1CCC(n2nc(N3CCN(CCOC)C[C@]3(C)C(F)F)c(-c3c(Cl)c(C)cc4[nH]ncc34)c2C)CC1. The molecule has 0 radical (unpaired) electrons. The smallest absolute Gasteiger partial charge is 0.262 e. The Bertz CT molecular complexity index is 1430. The van der Waals surface area contributed by atoms with Crippen molar-refractivity contribution in [1.29, 1.82) is 0 Å². The largest absolute Gasteiger partial charge is 0.383 e. The number of aryl methyl sites for hydroxylation is 1. The molecule has 9 nitrogen and oxygen atoms in total. The van der Waals surface area contributed by atoms with E-state index in [9.17, 15) is 4.79 Å². The minimum atomic E-state index is -2.62. The van der Waals surface area contributed by atoms with E-state index in [2.05, 4.69) is 16.8 Å². The normalized spacial score (nSPS) is 20.9. The Balaban J connectivity index is 1.65. The summed E-state index contributed by atoms with van der Waals surface area (Å²) >= 11 is 7.00. The molecule has 222 valence electrons. The van der Waals surface area contributed by atoms with Gasteiger partial charge in [-0.2, -0.15) is 10.2 Å². The molecule has 2 saturated heterocycles. The molecule has 12 heteroatoms. The second kappa shape index (κ2) is 11.7. The molecule has 2 aliphatic rings. The van der Waals surface area contributed by atoms with Gasteiger partial charge in [-0.15, -0.1) is 0 Å². The molecule has 1 atom stereocenters. The lowest BCUT2D eigenvalue weighted by Gasteiger charge is -2.49. The van der Waals surface area contributed by atoms with Gasteiger partial charge < -0.3 is 14.5 Å². The van der Waals surface area contributed by atoms with Gasteiger partial charge in [-0.25, -0.2) is 8.78 Å². The van der Waals surface area contributed by atoms with Gasteiger partial charge in [0.15, 0.2) is 5.82 Å². The molecule has 0 saturated carbocycles. The maximum Gasteiger partial charge on any atom is 0.262 e. The molecular weight excluding hydrogens is 552 g/mol. The molecule has 5 rings (SSSR count). The summed E-state index contributed by atoms with van der Waals surface area (Å²) in [7, 11) is 1.62. The van der Waals surface area contributed by atoms with E-state index in [1.165, 1.54) is 6.08 Å². The van der Waals surface area contributed by atoms with Gasteiger partial charge in [-0.05, 0) is 51.3 Å². The number of hydrogen-bond donors (Lipinski definition) is 1. The number of methoxy groups -OCH3 is 1. The summed E-state index contributed by atoms with van der Waals surface area (Å²) < 4.78 is 37.2. The topological polar surface area (TPSA) is 82.5 Å². The average molecular weight is 590 g/mol. The highest BCUT2D eigenvalue weighted by Gasteiger charge is 2.47. The summed E-state index contributed by atoms with van der Waals surface area (Å²) in [5.41, 5.74) is 2.52.